The van der Waals surface area contributed by atoms with E-state index in [2.05, 4.69) is 68.7 Å². The van der Waals surface area contributed by atoms with Crippen molar-refractivity contribution < 1.29 is 9.53 Å². The Balaban J connectivity index is 1.28. The second-order valence-electron chi connectivity index (χ2n) is 11.4. The number of aryl methyl sites for hydroxylation is 3. The summed E-state index contributed by atoms with van der Waals surface area (Å²) in [7, 11) is 0. The molecule has 47 heavy (non-hydrogen) atoms. The molecule has 1 aliphatic heterocycles. The largest absolute Gasteiger partial charge is 0.489 e. The molecule has 1 aromatic heterocycles. The summed E-state index contributed by atoms with van der Waals surface area (Å²) in [5.41, 5.74) is 9.60. The molecule has 234 valence electrons. The second-order valence-corrected chi connectivity index (χ2v) is 12.4. The van der Waals surface area contributed by atoms with Gasteiger partial charge in [-0.05, 0) is 122 Å². The third kappa shape index (κ3) is 6.79. The highest BCUT2D eigenvalue weighted by molar-refractivity contribution is 8.19. The highest BCUT2D eigenvalue weighted by Gasteiger charge is 2.35. The molecule has 1 saturated heterocycles. The predicted molar refractivity (Wildman–Crippen MR) is 193 cm³/mol. The van der Waals surface area contributed by atoms with Crippen LogP contribution in [0.25, 0.3) is 11.8 Å². The molecule has 6 rings (SSSR count). The summed E-state index contributed by atoms with van der Waals surface area (Å²) in [5.74, 6) is 0.634. The molecule has 0 bridgehead atoms. The van der Waals surface area contributed by atoms with E-state index in [-0.39, 0.29) is 5.91 Å². The van der Waals surface area contributed by atoms with Gasteiger partial charge >= 0.3 is 0 Å². The summed E-state index contributed by atoms with van der Waals surface area (Å²) in [4.78, 5) is 21.3. The van der Waals surface area contributed by atoms with Crippen LogP contribution in [0.3, 0.4) is 0 Å². The van der Waals surface area contributed by atoms with E-state index >= 15 is 0 Å². The molecular weight excluding hydrogens is 601 g/mol. The smallest absolute Gasteiger partial charge is 0.271 e. The number of amidine groups is 1. The number of ether oxygens (including phenoxy) is 1. The van der Waals surface area contributed by atoms with Gasteiger partial charge in [-0.1, -0.05) is 56.3 Å². The maximum absolute atomic E-state index is 14.0. The van der Waals surface area contributed by atoms with Gasteiger partial charge in [-0.3, -0.25) is 9.69 Å². The van der Waals surface area contributed by atoms with Gasteiger partial charge in [-0.25, -0.2) is 4.99 Å². The van der Waals surface area contributed by atoms with Crippen molar-refractivity contribution in [2.75, 3.05) is 4.90 Å². The van der Waals surface area contributed by atoms with Crippen LogP contribution in [0.5, 0.6) is 5.75 Å². The monoisotopic (exact) mass is 636 g/mol. The first-order valence-corrected chi connectivity index (χ1v) is 16.6. The van der Waals surface area contributed by atoms with Crippen LogP contribution in [0.15, 0.2) is 113 Å². The molecule has 0 N–H and O–H groups in total. The van der Waals surface area contributed by atoms with Gasteiger partial charge in [-0.15, -0.1) is 0 Å². The number of nitrogens with zero attached hydrogens (tertiary/aromatic N) is 4. The van der Waals surface area contributed by atoms with Gasteiger partial charge in [0.05, 0.1) is 27.9 Å². The van der Waals surface area contributed by atoms with Gasteiger partial charge < -0.3 is 9.30 Å². The van der Waals surface area contributed by atoms with Crippen LogP contribution in [0.4, 0.5) is 11.4 Å². The molecule has 0 spiro atoms. The first-order chi connectivity index (χ1) is 22.9. The van der Waals surface area contributed by atoms with Gasteiger partial charge in [0.25, 0.3) is 5.91 Å². The second kappa shape index (κ2) is 14.0. The maximum atomic E-state index is 14.0. The Kier molecular flexibility index (Phi) is 9.42. The van der Waals surface area contributed by atoms with Crippen LogP contribution in [-0.4, -0.2) is 15.6 Å². The number of hydrogen-bond donors (Lipinski definition) is 0. The normalized spacial score (nSPS) is 14.6. The van der Waals surface area contributed by atoms with E-state index in [1.165, 1.54) is 22.9 Å². The minimum atomic E-state index is -0.0903. The standard InChI is InChI=1S/C40H36N4O2S/c1-5-29-11-15-34(16-12-29)42-40-44(36-17-13-30(6-2)14-18-36)39(45)38(47-40)24-33-23-27(3)43(28(33)4)35-19-21-37(22-20-35)46-26-32-10-8-7-9-31(32)25-41/h7-24H,5-6,26H2,1-4H3/b38-24-,42-40?. The Morgan fingerprint density at radius 1 is 0.851 bits per heavy atom. The first-order valence-electron chi connectivity index (χ1n) is 15.8. The third-order valence-corrected chi connectivity index (χ3v) is 9.33. The summed E-state index contributed by atoms with van der Waals surface area (Å²) in [6.45, 7) is 8.71. The average molecular weight is 637 g/mol. The number of aromatic nitrogens is 1. The molecule has 0 unspecified atom stereocenters. The molecule has 0 saturated carbocycles. The molecule has 7 heteroatoms. The van der Waals surface area contributed by atoms with Crippen LogP contribution in [0.1, 0.15) is 53.1 Å². The Morgan fingerprint density at radius 2 is 1.49 bits per heavy atom. The van der Waals surface area contributed by atoms with Crippen LogP contribution in [0, 0.1) is 25.2 Å². The van der Waals surface area contributed by atoms with Crippen molar-refractivity contribution in [1.82, 2.24) is 4.57 Å². The lowest BCUT2D eigenvalue weighted by molar-refractivity contribution is -0.113. The molecule has 1 fully saturated rings. The SMILES string of the molecule is CCc1ccc(N=C2S/C(=C\c3cc(C)n(-c4ccc(OCc5ccccc5C#N)cc4)c3C)C(=O)N2c2ccc(CC)cc2)cc1. The number of amides is 1. The highest BCUT2D eigenvalue weighted by atomic mass is 32.2. The summed E-state index contributed by atoms with van der Waals surface area (Å²) in [6, 6.07) is 36.0. The third-order valence-electron chi connectivity index (χ3n) is 8.36. The van der Waals surface area contributed by atoms with Gasteiger partial charge in [-0.2, -0.15) is 5.26 Å². The Morgan fingerprint density at radius 3 is 2.15 bits per heavy atom. The lowest BCUT2D eigenvalue weighted by Gasteiger charge is -2.16. The number of rotatable bonds is 9. The van der Waals surface area contributed by atoms with Crippen LogP contribution < -0.4 is 9.64 Å². The van der Waals surface area contributed by atoms with Gasteiger partial charge in [0.15, 0.2) is 5.17 Å². The average Bonchev–Trinajstić information content (AvgIpc) is 3.56. The zero-order valence-electron chi connectivity index (χ0n) is 27.0. The zero-order valence-corrected chi connectivity index (χ0v) is 27.8. The van der Waals surface area contributed by atoms with Gasteiger partial charge in [0, 0.05) is 22.6 Å². The molecule has 0 atom stereocenters. The Labute approximate surface area is 280 Å². The molecule has 0 radical (unpaired) electrons. The van der Waals surface area contributed by atoms with Crippen molar-refractivity contribution in [1.29, 1.82) is 5.26 Å². The molecule has 1 amide bonds. The fraction of sp³-hybridized carbons (Fsp3) is 0.175. The molecular formula is C40H36N4O2S. The quantitative estimate of drug-likeness (QED) is 0.151. The van der Waals surface area contributed by atoms with Gasteiger partial charge in [0.1, 0.15) is 12.4 Å². The van der Waals surface area contributed by atoms with E-state index in [4.69, 9.17) is 9.73 Å². The van der Waals surface area contributed by atoms with Gasteiger partial charge in [0.2, 0.25) is 0 Å². The number of carbonyl (C=O) groups excluding carboxylic acids is 1. The fourth-order valence-electron chi connectivity index (χ4n) is 5.65. The number of nitriles is 1. The zero-order chi connectivity index (χ0) is 32.9. The number of carbonyl (C=O) groups is 1. The summed E-state index contributed by atoms with van der Waals surface area (Å²) in [5, 5.41) is 10.0. The number of aliphatic imine (C=N–C) groups is 1. The maximum Gasteiger partial charge on any atom is 0.271 e. The topological polar surface area (TPSA) is 70.6 Å². The van der Waals surface area contributed by atoms with Crippen LogP contribution in [-0.2, 0) is 24.2 Å². The summed E-state index contributed by atoms with van der Waals surface area (Å²) in [6.07, 6.45) is 3.87. The van der Waals surface area contributed by atoms with E-state index in [0.29, 0.717) is 22.2 Å². The number of benzene rings is 4. The number of anilines is 1. The minimum Gasteiger partial charge on any atom is -0.489 e. The van der Waals surface area contributed by atoms with E-state index in [1.807, 2.05) is 72.8 Å². The lowest BCUT2D eigenvalue weighted by atomic mass is 10.1. The molecule has 6 nitrogen and oxygen atoms in total. The number of thioether (sulfide) groups is 1. The van der Waals surface area contributed by atoms with Crippen molar-refractivity contribution in [3.63, 3.8) is 0 Å². The summed E-state index contributed by atoms with van der Waals surface area (Å²) >= 11 is 1.40. The number of hydrogen-bond acceptors (Lipinski definition) is 5. The fourth-order valence-corrected chi connectivity index (χ4v) is 6.65. The van der Waals surface area contributed by atoms with E-state index in [0.717, 1.165) is 58.2 Å². The van der Waals surface area contributed by atoms with E-state index in [1.54, 1.807) is 11.0 Å². The van der Waals surface area contributed by atoms with Crippen molar-refractivity contribution in [3.05, 3.63) is 147 Å². The van der Waals surface area contributed by atoms with Crippen LogP contribution in [0.2, 0.25) is 0 Å². The van der Waals surface area contributed by atoms with Crippen molar-refractivity contribution >= 4 is 40.3 Å². The van der Waals surface area contributed by atoms with Crippen LogP contribution >= 0.6 is 11.8 Å². The molecule has 2 heterocycles. The Hall–Kier alpha value is -5.32. The summed E-state index contributed by atoms with van der Waals surface area (Å²) < 4.78 is 8.17. The highest BCUT2D eigenvalue weighted by Crippen LogP contribution is 2.38. The lowest BCUT2D eigenvalue weighted by Crippen LogP contribution is -2.28. The van der Waals surface area contributed by atoms with E-state index in [9.17, 15) is 10.1 Å². The van der Waals surface area contributed by atoms with Crippen molar-refractivity contribution in [3.8, 4) is 17.5 Å². The predicted octanol–water partition coefficient (Wildman–Crippen LogP) is 9.48. The minimum absolute atomic E-state index is 0.0903. The first kappa shape index (κ1) is 31.7. The van der Waals surface area contributed by atoms with E-state index < -0.39 is 0 Å². The molecule has 4 aromatic carbocycles. The van der Waals surface area contributed by atoms with Crippen molar-refractivity contribution in [2.45, 2.75) is 47.1 Å². The molecule has 1 aliphatic rings. The Bertz CT molecular complexity index is 2020. The molecule has 5 aromatic rings. The van der Waals surface area contributed by atoms with Crippen molar-refractivity contribution in [2.24, 2.45) is 4.99 Å². The molecule has 0 aliphatic carbocycles.